The molecular weight excluding hydrogens is 144 g/mol. The van der Waals surface area contributed by atoms with Crippen molar-refractivity contribution in [2.45, 2.75) is 12.8 Å². The molecule has 2 aliphatic carbocycles. The maximum atomic E-state index is 2.23. The second-order valence-electron chi connectivity index (χ2n) is 3.02. The first kappa shape index (κ1) is 7.35. The Kier molecular flexibility index (Phi) is 2.08. The Morgan fingerprint density at radius 3 is 1.67 bits per heavy atom. The van der Waals surface area contributed by atoms with Gasteiger partial charge in [-0.2, -0.15) is 0 Å². The van der Waals surface area contributed by atoms with Crippen LogP contribution in [0.2, 0.25) is 0 Å². The molecule has 0 bridgehead atoms. The monoisotopic (exact) mass is 156 g/mol. The predicted octanol–water partition coefficient (Wildman–Crippen LogP) is 3.32. The van der Waals surface area contributed by atoms with Crippen LogP contribution in [0.15, 0.2) is 59.8 Å². The maximum absolute atomic E-state index is 2.23. The number of hydrogen-bond acceptors (Lipinski definition) is 0. The lowest BCUT2D eigenvalue weighted by Gasteiger charge is -1.88. The molecule has 12 heavy (non-hydrogen) atoms. The Morgan fingerprint density at radius 2 is 1.33 bits per heavy atom. The minimum atomic E-state index is 1.09. The Bertz CT molecular complexity index is 277. The van der Waals surface area contributed by atoms with E-state index in [1.54, 1.807) is 0 Å². The van der Waals surface area contributed by atoms with E-state index in [1.165, 1.54) is 11.1 Å². The van der Waals surface area contributed by atoms with Crippen molar-refractivity contribution in [1.82, 2.24) is 0 Å². The van der Waals surface area contributed by atoms with Gasteiger partial charge in [-0.1, -0.05) is 48.6 Å². The average molecular weight is 156 g/mol. The summed E-state index contributed by atoms with van der Waals surface area (Å²) >= 11 is 0. The van der Waals surface area contributed by atoms with Gasteiger partial charge in [-0.3, -0.25) is 0 Å². The van der Waals surface area contributed by atoms with Crippen molar-refractivity contribution < 1.29 is 0 Å². The molecule has 0 fully saturated rings. The first-order chi connectivity index (χ1) is 5.95. The summed E-state index contributed by atoms with van der Waals surface area (Å²) in [5, 5.41) is 0. The highest BCUT2D eigenvalue weighted by Crippen LogP contribution is 2.14. The molecule has 2 aliphatic rings. The van der Waals surface area contributed by atoms with Crippen molar-refractivity contribution in [3.05, 3.63) is 59.8 Å². The molecule has 60 valence electrons. The molecule has 0 aliphatic heterocycles. The third-order valence-electron chi connectivity index (χ3n) is 2.07. The summed E-state index contributed by atoms with van der Waals surface area (Å²) in [4.78, 5) is 0. The Hall–Kier alpha value is -1.30. The molecule has 0 N–H and O–H groups in total. The van der Waals surface area contributed by atoms with E-state index >= 15 is 0 Å². The first-order valence-electron chi connectivity index (χ1n) is 4.37. The Morgan fingerprint density at radius 1 is 0.833 bits per heavy atom. The molecule has 0 nitrogen and oxygen atoms in total. The van der Waals surface area contributed by atoms with Gasteiger partial charge in [0.05, 0.1) is 0 Å². The minimum absolute atomic E-state index is 1.09. The Balaban J connectivity index is 2.01. The van der Waals surface area contributed by atoms with E-state index < -0.39 is 0 Å². The second kappa shape index (κ2) is 3.40. The molecule has 0 spiro atoms. The number of rotatable bonds is 2. The van der Waals surface area contributed by atoms with Gasteiger partial charge in [-0.05, 0) is 24.0 Å². The Labute approximate surface area is 73.3 Å². The predicted molar refractivity (Wildman–Crippen MR) is 52.8 cm³/mol. The summed E-state index contributed by atoms with van der Waals surface area (Å²) in [6, 6.07) is 0. The molecule has 2 rings (SSSR count). The van der Waals surface area contributed by atoms with E-state index in [9.17, 15) is 0 Å². The lowest BCUT2D eigenvalue weighted by Crippen LogP contribution is -1.68. The molecular formula is C12H12. The van der Waals surface area contributed by atoms with Crippen molar-refractivity contribution in [3.8, 4) is 0 Å². The van der Waals surface area contributed by atoms with E-state index in [2.05, 4.69) is 48.6 Å². The van der Waals surface area contributed by atoms with Gasteiger partial charge < -0.3 is 0 Å². The topological polar surface area (TPSA) is 0 Å². The fraction of sp³-hybridized carbons (Fsp3) is 0.167. The highest BCUT2D eigenvalue weighted by molar-refractivity contribution is 5.43. The van der Waals surface area contributed by atoms with Crippen LogP contribution in [0.25, 0.3) is 0 Å². The SMILES string of the molecule is C1=CC(/C=C\C2=CCC=C2)=CC1. The summed E-state index contributed by atoms with van der Waals surface area (Å²) in [6.45, 7) is 0. The largest absolute Gasteiger partial charge is 0.0801 e. The van der Waals surface area contributed by atoms with E-state index in [-0.39, 0.29) is 0 Å². The van der Waals surface area contributed by atoms with Crippen molar-refractivity contribution in [3.63, 3.8) is 0 Å². The highest BCUT2D eigenvalue weighted by Gasteiger charge is 1.94. The molecule has 0 heteroatoms. The molecule has 0 heterocycles. The number of hydrogen-bond donors (Lipinski definition) is 0. The summed E-state index contributed by atoms with van der Waals surface area (Å²) in [5.41, 5.74) is 2.66. The van der Waals surface area contributed by atoms with Crippen LogP contribution in [-0.4, -0.2) is 0 Å². The molecule has 0 unspecified atom stereocenters. The van der Waals surface area contributed by atoms with Gasteiger partial charge in [-0.15, -0.1) is 0 Å². The molecule has 0 radical (unpaired) electrons. The van der Waals surface area contributed by atoms with E-state index in [1.807, 2.05) is 0 Å². The normalized spacial score (nSPS) is 20.7. The van der Waals surface area contributed by atoms with E-state index in [0.29, 0.717) is 0 Å². The molecule has 0 aromatic rings. The third-order valence-corrected chi connectivity index (χ3v) is 2.07. The fourth-order valence-electron chi connectivity index (χ4n) is 1.39. The quantitative estimate of drug-likeness (QED) is 0.575. The van der Waals surface area contributed by atoms with Gasteiger partial charge in [0.15, 0.2) is 0 Å². The zero-order chi connectivity index (χ0) is 8.23. The summed E-state index contributed by atoms with van der Waals surface area (Å²) < 4.78 is 0. The maximum Gasteiger partial charge on any atom is -0.0157 e. The molecule has 0 aromatic heterocycles. The van der Waals surface area contributed by atoms with Crippen molar-refractivity contribution in [1.29, 1.82) is 0 Å². The average Bonchev–Trinajstić information content (AvgIpc) is 2.74. The third kappa shape index (κ3) is 1.65. The van der Waals surface area contributed by atoms with Crippen LogP contribution in [-0.2, 0) is 0 Å². The fourth-order valence-corrected chi connectivity index (χ4v) is 1.39. The zero-order valence-corrected chi connectivity index (χ0v) is 7.03. The highest BCUT2D eigenvalue weighted by atomic mass is 14.0. The molecule has 0 saturated carbocycles. The molecule has 0 saturated heterocycles. The van der Waals surface area contributed by atoms with Gasteiger partial charge in [0.2, 0.25) is 0 Å². The van der Waals surface area contributed by atoms with Crippen LogP contribution in [0, 0.1) is 0 Å². The van der Waals surface area contributed by atoms with Crippen LogP contribution < -0.4 is 0 Å². The molecule has 0 amide bonds. The zero-order valence-electron chi connectivity index (χ0n) is 7.03. The molecule has 0 atom stereocenters. The minimum Gasteiger partial charge on any atom is -0.0801 e. The lowest BCUT2D eigenvalue weighted by atomic mass is 10.2. The van der Waals surface area contributed by atoms with Crippen LogP contribution >= 0.6 is 0 Å². The van der Waals surface area contributed by atoms with Crippen LogP contribution in [0.1, 0.15) is 12.8 Å². The lowest BCUT2D eigenvalue weighted by molar-refractivity contribution is 1.44. The van der Waals surface area contributed by atoms with Crippen LogP contribution in [0.5, 0.6) is 0 Å². The van der Waals surface area contributed by atoms with Gasteiger partial charge >= 0.3 is 0 Å². The number of allylic oxidation sites excluding steroid dienone is 10. The van der Waals surface area contributed by atoms with Crippen LogP contribution in [0.3, 0.4) is 0 Å². The summed E-state index contributed by atoms with van der Waals surface area (Å²) in [6.07, 6.45) is 19.7. The summed E-state index contributed by atoms with van der Waals surface area (Å²) in [5.74, 6) is 0. The van der Waals surface area contributed by atoms with Gasteiger partial charge in [0.25, 0.3) is 0 Å². The van der Waals surface area contributed by atoms with Gasteiger partial charge in [0, 0.05) is 0 Å². The smallest absolute Gasteiger partial charge is 0.0157 e. The standard InChI is InChI=1S/C12H12/c1-2-6-11(5-1)9-10-12-7-3-4-8-12/h1,3,5-10H,2,4H2/b10-9-. The van der Waals surface area contributed by atoms with E-state index in [4.69, 9.17) is 0 Å². The van der Waals surface area contributed by atoms with Gasteiger partial charge in [-0.25, -0.2) is 0 Å². The first-order valence-corrected chi connectivity index (χ1v) is 4.37. The summed E-state index contributed by atoms with van der Waals surface area (Å²) in [7, 11) is 0. The van der Waals surface area contributed by atoms with Crippen molar-refractivity contribution in [2.75, 3.05) is 0 Å². The van der Waals surface area contributed by atoms with Crippen LogP contribution in [0.4, 0.5) is 0 Å². The van der Waals surface area contributed by atoms with Crippen molar-refractivity contribution >= 4 is 0 Å². The van der Waals surface area contributed by atoms with E-state index in [0.717, 1.165) is 12.8 Å². The van der Waals surface area contributed by atoms with Crippen molar-refractivity contribution in [2.24, 2.45) is 0 Å². The molecule has 0 aromatic carbocycles. The van der Waals surface area contributed by atoms with Gasteiger partial charge in [0.1, 0.15) is 0 Å². The second-order valence-corrected chi connectivity index (χ2v) is 3.02.